The number of nitrogens with two attached hydrogens (primary N) is 2. The van der Waals surface area contributed by atoms with Crippen molar-refractivity contribution in [2.75, 3.05) is 18.6 Å². The van der Waals surface area contributed by atoms with E-state index in [2.05, 4.69) is 0 Å². The van der Waals surface area contributed by atoms with Crippen LogP contribution >= 0.6 is 11.6 Å². The van der Waals surface area contributed by atoms with Crippen molar-refractivity contribution in [2.24, 2.45) is 0 Å². The number of benzene rings is 3. The molecule has 0 unspecified atom stereocenters. The third-order valence-electron chi connectivity index (χ3n) is 5.96. The molecule has 0 spiro atoms. The summed E-state index contributed by atoms with van der Waals surface area (Å²) in [6.07, 6.45) is 0. The summed E-state index contributed by atoms with van der Waals surface area (Å²) >= 11 is 6.27. The standard InChI is InChI=1S/C26H19ClN2O6/c1-33-18-11-12(10-15(27)24(18)30)19(20-22(28)13-6-2-4-8-16(13)34-25(20)31)21-23(29)14-7-3-5-9-17(14)35-26(21)32/h2-11,19,30H,28-29H2,1H3. The van der Waals surface area contributed by atoms with Gasteiger partial charge in [-0.1, -0.05) is 35.9 Å². The first kappa shape index (κ1) is 22.4. The number of para-hydroxylation sites is 2. The highest BCUT2D eigenvalue weighted by Crippen LogP contribution is 2.43. The van der Waals surface area contributed by atoms with Crippen LogP contribution in [0.4, 0.5) is 11.4 Å². The first-order valence-electron chi connectivity index (χ1n) is 10.5. The van der Waals surface area contributed by atoms with Crippen LogP contribution in [0.2, 0.25) is 5.02 Å². The normalized spacial score (nSPS) is 11.4. The molecule has 5 aromatic rings. The number of anilines is 2. The van der Waals surface area contributed by atoms with Crippen LogP contribution < -0.4 is 27.5 Å². The molecule has 0 atom stereocenters. The Labute approximate surface area is 202 Å². The number of nitrogen functional groups attached to an aromatic ring is 2. The smallest absolute Gasteiger partial charge is 0.342 e. The fraction of sp³-hybridized carbons (Fsp3) is 0.0769. The fourth-order valence-corrected chi connectivity index (χ4v) is 4.54. The molecular formula is C26H19ClN2O6. The van der Waals surface area contributed by atoms with Gasteiger partial charge in [-0.05, 0) is 42.0 Å². The topological polar surface area (TPSA) is 142 Å². The number of fused-ring (bicyclic) bond motifs is 2. The van der Waals surface area contributed by atoms with E-state index >= 15 is 0 Å². The van der Waals surface area contributed by atoms with E-state index < -0.39 is 17.2 Å². The van der Waals surface area contributed by atoms with Gasteiger partial charge in [0, 0.05) is 10.8 Å². The second-order valence-electron chi connectivity index (χ2n) is 7.91. The zero-order valence-corrected chi connectivity index (χ0v) is 19.1. The summed E-state index contributed by atoms with van der Waals surface area (Å²) in [6, 6.07) is 16.4. The fourth-order valence-electron chi connectivity index (χ4n) is 4.32. The zero-order valence-electron chi connectivity index (χ0n) is 18.4. The quantitative estimate of drug-likeness (QED) is 0.310. The minimum Gasteiger partial charge on any atom is -0.503 e. The van der Waals surface area contributed by atoms with Crippen molar-refractivity contribution in [1.82, 2.24) is 0 Å². The SMILES string of the molecule is COc1cc(C(c2c(N)c3ccccc3oc2=O)c2c(N)c3ccccc3oc2=O)cc(Cl)c1O. The minimum absolute atomic E-state index is 0.0261. The molecule has 5 N–H and O–H groups in total. The summed E-state index contributed by atoms with van der Waals surface area (Å²) in [6.45, 7) is 0. The Hall–Kier alpha value is -4.43. The summed E-state index contributed by atoms with van der Waals surface area (Å²) < 4.78 is 16.4. The van der Waals surface area contributed by atoms with Gasteiger partial charge in [-0.3, -0.25) is 0 Å². The molecular weight excluding hydrogens is 472 g/mol. The lowest BCUT2D eigenvalue weighted by Gasteiger charge is -2.22. The second-order valence-corrected chi connectivity index (χ2v) is 8.32. The third-order valence-corrected chi connectivity index (χ3v) is 6.25. The summed E-state index contributed by atoms with van der Waals surface area (Å²) in [5.41, 5.74) is 12.5. The molecule has 0 bridgehead atoms. The second kappa shape index (κ2) is 8.41. The van der Waals surface area contributed by atoms with Gasteiger partial charge in [0.25, 0.3) is 0 Å². The molecule has 176 valence electrons. The van der Waals surface area contributed by atoms with Crippen LogP contribution in [0.1, 0.15) is 22.6 Å². The van der Waals surface area contributed by atoms with Crippen molar-refractivity contribution in [1.29, 1.82) is 0 Å². The average Bonchev–Trinajstić information content (AvgIpc) is 2.84. The van der Waals surface area contributed by atoms with E-state index in [0.29, 0.717) is 16.3 Å². The van der Waals surface area contributed by atoms with Crippen LogP contribution in [-0.2, 0) is 0 Å². The van der Waals surface area contributed by atoms with Gasteiger partial charge in [-0.2, -0.15) is 0 Å². The predicted molar refractivity (Wildman–Crippen MR) is 134 cm³/mol. The number of hydrogen-bond acceptors (Lipinski definition) is 8. The molecule has 0 aliphatic heterocycles. The predicted octanol–water partition coefficient (Wildman–Crippen LogP) is 4.61. The first-order valence-corrected chi connectivity index (χ1v) is 10.9. The molecule has 8 nitrogen and oxygen atoms in total. The van der Waals surface area contributed by atoms with Crippen LogP contribution in [0, 0.1) is 0 Å². The van der Waals surface area contributed by atoms with E-state index in [4.69, 9.17) is 36.6 Å². The number of hydrogen-bond donors (Lipinski definition) is 3. The Balaban J connectivity index is 1.94. The van der Waals surface area contributed by atoms with Crippen LogP contribution in [0.15, 0.2) is 79.1 Å². The van der Waals surface area contributed by atoms with Gasteiger partial charge in [0.1, 0.15) is 11.2 Å². The summed E-state index contributed by atoms with van der Waals surface area (Å²) in [5, 5.41) is 11.2. The van der Waals surface area contributed by atoms with E-state index in [1.807, 2.05) is 0 Å². The lowest BCUT2D eigenvalue weighted by Crippen LogP contribution is -2.24. The van der Waals surface area contributed by atoms with E-state index in [0.717, 1.165) is 0 Å². The molecule has 2 aromatic heterocycles. The maximum atomic E-state index is 13.3. The third kappa shape index (κ3) is 3.55. The Bertz CT molecular complexity index is 1640. The monoisotopic (exact) mass is 490 g/mol. The van der Waals surface area contributed by atoms with Crippen LogP contribution in [0.25, 0.3) is 21.9 Å². The maximum Gasteiger partial charge on any atom is 0.342 e. The van der Waals surface area contributed by atoms with Crippen molar-refractivity contribution < 1.29 is 18.7 Å². The van der Waals surface area contributed by atoms with Gasteiger partial charge in [0.05, 0.1) is 40.6 Å². The lowest BCUT2D eigenvalue weighted by atomic mass is 9.83. The van der Waals surface area contributed by atoms with Crippen molar-refractivity contribution in [3.05, 3.63) is 103 Å². The van der Waals surface area contributed by atoms with Crippen molar-refractivity contribution in [3.8, 4) is 11.5 Å². The van der Waals surface area contributed by atoms with Gasteiger partial charge in [-0.25, -0.2) is 9.59 Å². The Morgan fingerprint density at radius 2 is 1.34 bits per heavy atom. The minimum atomic E-state index is -1.15. The number of ether oxygens (including phenoxy) is 1. The van der Waals surface area contributed by atoms with Gasteiger partial charge in [-0.15, -0.1) is 0 Å². The summed E-state index contributed by atoms with van der Waals surface area (Å²) in [7, 11) is 1.35. The number of phenolic OH excluding ortho intramolecular Hbond substituents is 1. The summed E-state index contributed by atoms with van der Waals surface area (Å²) in [4.78, 5) is 26.6. The molecule has 0 fully saturated rings. The molecule has 3 aromatic carbocycles. The van der Waals surface area contributed by atoms with E-state index in [9.17, 15) is 14.7 Å². The van der Waals surface area contributed by atoms with E-state index in [1.54, 1.807) is 48.5 Å². The highest BCUT2D eigenvalue weighted by atomic mass is 35.5. The van der Waals surface area contributed by atoms with Crippen LogP contribution in [-0.4, -0.2) is 12.2 Å². The number of halogens is 1. The number of phenols is 1. The van der Waals surface area contributed by atoms with Crippen LogP contribution in [0.5, 0.6) is 11.5 Å². The maximum absolute atomic E-state index is 13.3. The lowest BCUT2D eigenvalue weighted by molar-refractivity contribution is 0.373. The van der Waals surface area contributed by atoms with Crippen molar-refractivity contribution in [2.45, 2.75) is 5.92 Å². The van der Waals surface area contributed by atoms with Crippen molar-refractivity contribution >= 4 is 44.9 Å². The molecule has 0 aliphatic rings. The molecule has 0 amide bonds. The number of rotatable bonds is 4. The average molecular weight is 491 g/mol. The first-order chi connectivity index (χ1) is 16.8. The van der Waals surface area contributed by atoms with E-state index in [-0.39, 0.29) is 50.2 Å². The highest BCUT2D eigenvalue weighted by Gasteiger charge is 2.32. The van der Waals surface area contributed by atoms with Crippen LogP contribution in [0.3, 0.4) is 0 Å². The van der Waals surface area contributed by atoms with E-state index in [1.165, 1.54) is 19.2 Å². The Morgan fingerprint density at radius 3 is 1.83 bits per heavy atom. The Kier molecular flexibility index (Phi) is 5.37. The van der Waals surface area contributed by atoms with Gasteiger partial charge < -0.3 is 30.1 Å². The number of methoxy groups -OCH3 is 1. The number of aromatic hydroxyl groups is 1. The molecule has 35 heavy (non-hydrogen) atoms. The molecule has 0 saturated carbocycles. The van der Waals surface area contributed by atoms with Gasteiger partial charge in [0.15, 0.2) is 11.5 Å². The highest BCUT2D eigenvalue weighted by molar-refractivity contribution is 6.32. The van der Waals surface area contributed by atoms with Gasteiger partial charge >= 0.3 is 11.3 Å². The zero-order chi connectivity index (χ0) is 24.9. The molecule has 9 heteroatoms. The van der Waals surface area contributed by atoms with Gasteiger partial charge in [0.2, 0.25) is 0 Å². The molecule has 2 heterocycles. The molecule has 5 rings (SSSR count). The molecule has 0 aliphatic carbocycles. The molecule has 0 radical (unpaired) electrons. The Morgan fingerprint density at radius 1 is 0.857 bits per heavy atom. The summed E-state index contributed by atoms with van der Waals surface area (Å²) in [5.74, 6) is -1.41. The molecule has 0 saturated heterocycles. The van der Waals surface area contributed by atoms with Crippen molar-refractivity contribution in [3.63, 3.8) is 0 Å². The largest absolute Gasteiger partial charge is 0.503 e.